The number of aliphatic hydroxyl groups is 1. The number of ether oxygens (including phenoxy) is 1. The van der Waals surface area contributed by atoms with Crippen molar-refractivity contribution in [3.8, 4) is 17.6 Å². The van der Waals surface area contributed by atoms with Crippen LogP contribution in [-0.4, -0.2) is 12.2 Å². The first kappa shape index (κ1) is 10.6. The summed E-state index contributed by atoms with van der Waals surface area (Å²) in [5.74, 6) is 6.22. The molecule has 0 radical (unpaired) electrons. The van der Waals surface area contributed by atoms with Crippen LogP contribution in [0, 0.1) is 11.8 Å². The Balaban J connectivity index is 3.00. The monoisotopic (exact) mass is 190 g/mol. The highest BCUT2D eigenvalue weighted by molar-refractivity contribution is 5.35. The first-order valence-electron chi connectivity index (χ1n) is 4.41. The molecule has 1 aromatic rings. The van der Waals surface area contributed by atoms with Gasteiger partial charge in [0.1, 0.15) is 11.4 Å². The molecule has 1 atom stereocenters. The highest BCUT2D eigenvalue weighted by Crippen LogP contribution is 2.22. The van der Waals surface area contributed by atoms with Crippen LogP contribution in [0.25, 0.3) is 0 Å². The average Bonchev–Trinajstić information content (AvgIpc) is 2.18. The lowest BCUT2D eigenvalue weighted by atomic mass is 9.97. The average molecular weight is 190 g/mol. The third-order valence-corrected chi connectivity index (χ3v) is 2.02. The second kappa shape index (κ2) is 4.17. The minimum atomic E-state index is -1.08. The molecule has 74 valence electrons. The van der Waals surface area contributed by atoms with Crippen LogP contribution >= 0.6 is 0 Å². The number of hydrogen-bond donors (Lipinski definition) is 1. The van der Waals surface area contributed by atoms with Crippen LogP contribution in [0.3, 0.4) is 0 Å². The maximum Gasteiger partial charge on any atom is 0.148 e. The van der Waals surface area contributed by atoms with Gasteiger partial charge in [0.05, 0.1) is 7.11 Å². The minimum Gasteiger partial charge on any atom is -0.497 e. The van der Waals surface area contributed by atoms with Crippen molar-refractivity contribution in [2.75, 3.05) is 7.11 Å². The molecule has 0 aliphatic carbocycles. The lowest BCUT2D eigenvalue weighted by molar-refractivity contribution is 0.122. The molecular weight excluding hydrogens is 176 g/mol. The topological polar surface area (TPSA) is 29.5 Å². The predicted octanol–water partition coefficient (Wildman–Crippen LogP) is 1.93. The highest BCUT2D eigenvalue weighted by Gasteiger charge is 2.19. The zero-order valence-electron chi connectivity index (χ0n) is 8.66. The van der Waals surface area contributed by atoms with Crippen molar-refractivity contribution in [1.82, 2.24) is 0 Å². The van der Waals surface area contributed by atoms with Crippen LogP contribution in [0.5, 0.6) is 5.75 Å². The van der Waals surface area contributed by atoms with Crippen LogP contribution < -0.4 is 4.74 Å². The van der Waals surface area contributed by atoms with Crippen LogP contribution in [0.1, 0.15) is 19.4 Å². The summed E-state index contributed by atoms with van der Waals surface area (Å²) < 4.78 is 5.02. The molecule has 0 spiro atoms. The van der Waals surface area contributed by atoms with Crippen LogP contribution in [0.2, 0.25) is 0 Å². The maximum absolute atomic E-state index is 9.93. The standard InChI is InChI=1S/C12H14O2/c1-4-9-12(2,13)10-5-7-11(14-3)8-6-10/h5-8,13H,1-3H3. The van der Waals surface area contributed by atoms with E-state index in [1.807, 2.05) is 12.1 Å². The molecule has 0 fully saturated rings. The second-order valence-corrected chi connectivity index (χ2v) is 3.18. The normalized spacial score (nSPS) is 13.7. The zero-order valence-corrected chi connectivity index (χ0v) is 8.66. The molecule has 1 rings (SSSR count). The molecule has 0 aliphatic rings. The molecule has 2 heteroatoms. The lowest BCUT2D eigenvalue weighted by Crippen LogP contribution is -2.18. The van der Waals surface area contributed by atoms with Gasteiger partial charge in [-0.25, -0.2) is 0 Å². The fraction of sp³-hybridized carbons (Fsp3) is 0.333. The van der Waals surface area contributed by atoms with Gasteiger partial charge in [-0.2, -0.15) is 0 Å². The summed E-state index contributed by atoms with van der Waals surface area (Å²) >= 11 is 0. The Hall–Kier alpha value is -1.46. The van der Waals surface area contributed by atoms with Crippen molar-refractivity contribution in [3.63, 3.8) is 0 Å². The van der Waals surface area contributed by atoms with Gasteiger partial charge in [0.2, 0.25) is 0 Å². The fourth-order valence-corrected chi connectivity index (χ4v) is 1.23. The van der Waals surface area contributed by atoms with E-state index < -0.39 is 5.60 Å². The Morgan fingerprint density at radius 2 is 1.86 bits per heavy atom. The molecular formula is C12H14O2. The summed E-state index contributed by atoms with van der Waals surface area (Å²) in [6.45, 7) is 3.38. The molecule has 1 aromatic carbocycles. The lowest BCUT2D eigenvalue weighted by Gasteiger charge is -2.16. The van der Waals surface area contributed by atoms with Crippen LogP contribution in [0.4, 0.5) is 0 Å². The summed E-state index contributed by atoms with van der Waals surface area (Å²) in [4.78, 5) is 0. The SMILES string of the molecule is CC#CC(C)(O)c1ccc(OC)cc1. The molecule has 0 saturated carbocycles. The van der Waals surface area contributed by atoms with E-state index in [-0.39, 0.29) is 0 Å². The Morgan fingerprint density at radius 1 is 1.29 bits per heavy atom. The van der Waals surface area contributed by atoms with E-state index in [4.69, 9.17) is 4.74 Å². The Kier molecular flexibility index (Phi) is 3.16. The quantitative estimate of drug-likeness (QED) is 0.722. The summed E-state index contributed by atoms with van der Waals surface area (Å²) in [5, 5.41) is 9.93. The molecule has 0 heterocycles. The molecule has 0 aliphatic heterocycles. The highest BCUT2D eigenvalue weighted by atomic mass is 16.5. The van der Waals surface area contributed by atoms with Gasteiger partial charge in [0, 0.05) is 0 Å². The maximum atomic E-state index is 9.93. The molecule has 14 heavy (non-hydrogen) atoms. The molecule has 1 unspecified atom stereocenters. The largest absolute Gasteiger partial charge is 0.497 e. The summed E-state index contributed by atoms with van der Waals surface area (Å²) in [5.41, 5.74) is -0.311. The van der Waals surface area contributed by atoms with Crippen LogP contribution in [0.15, 0.2) is 24.3 Å². The number of benzene rings is 1. The number of methoxy groups -OCH3 is 1. The van der Waals surface area contributed by atoms with E-state index in [9.17, 15) is 5.11 Å². The fourth-order valence-electron chi connectivity index (χ4n) is 1.23. The van der Waals surface area contributed by atoms with Crippen molar-refractivity contribution in [2.45, 2.75) is 19.4 Å². The van der Waals surface area contributed by atoms with Crippen molar-refractivity contribution in [2.24, 2.45) is 0 Å². The summed E-state index contributed by atoms with van der Waals surface area (Å²) in [6.07, 6.45) is 0. The first-order valence-corrected chi connectivity index (χ1v) is 4.41. The number of hydrogen-bond acceptors (Lipinski definition) is 2. The third-order valence-electron chi connectivity index (χ3n) is 2.02. The first-order chi connectivity index (χ1) is 6.60. The van der Waals surface area contributed by atoms with Gasteiger partial charge in [-0.3, -0.25) is 0 Å². The molecule has 0 amide bonds. The van der Waals surface area contributed by atoms with E-state index in [1.54, 1.807) is 33.1 Å². The van der Waals surface area contributed by atoms with Crippen molar-refractivity contribution in [1.29, 1.82) is 0 Å². The Bertz CT molecular complexity index is 352. The molecule has 0 saturated heterocycles. The predicted molar refractivity (Wildman–Crippen MR) is 56.0 cm³/mol. The van der Waals surface area contributed by atoms with E-state index in [1.165, 1.54) is 0 Å². The summed E-state index contributed by atoms with van der Waals surface area (Å²) in [6, 6.07) is 7.23. The molecule has 0 bridgehead atoms. The van der Waals surface area contributed by atoms with E-state index in [0.29, 0.717) is 0 Å². The van der Waals surface area contributed by atoms with Gasteiger partial charge in [-0.15, -0.1) is 5.92 Å². The Morgan fingerprint density at radius 3 is 2.29 bits per heavy atom. The summed E-state index contributed by atoms with van der Waals surface area (Å²) in [7, 11) is 1.61. The number of rotatable bonds is 2. The third kappa shape index (κ3) is 2.27. The smallest absolute Gasteiger partial charge is 0.148 e. The van der Waals surface area contributed by atoms with E-state index >= 15 is 0 Å². The van der Waals surface area contributed by atoms with E-state index in [2.05, 4.69) is 11.8 Å². The second-order valence-electron chi connectivity index (χ2n) is 3.18. The van der Waals surface area contributed by atoms with Gasteiger partial charge in [-0.05, 0) is 31.5 Å². The van der Waals surface area contributed by atoms with Gasteiger partial charge < -0.3 is 9.84 Å². The molecule has 0 aromatic heterocycles. The van der Waals surface area contributed by atoms with Gasteiger partial charge >= 0.3 is 0 Å². The molecule has 1 N–H and O–H groups in total. The van der Waals surface area contributed by atoms with Gasteiger partial charge in [-0.1, -0.05) is 18.1 Å². The van der Waals surface area contributed by atoms with Gasteiger partial charge in [0.25, 0.3) is 0 Å². The van der Waals surface area contributed by atoms with E-state index in [0.717, 1.165) is 11.3 Å². The minimum absolute atomic E-state index is 0.771. The zero-order chi connectivity index (χ0) is 10.6. The van der Waals surface area contributed by atoms with Crippen molar-refractivity contribution in [3.05, 3.63) is 29.8 Å². The Labute approximate surface area is 84.5 Å². The van der Waals surface area contributed by atoms with Crippen molar-refractivity contribution < 1.29 is 9.84 Å². The van der Waals surface area contributed by atoms with Crippen molar-refractivity contribution >= 4 is 0 Å². The van der Waals surface area contributed by atoms with Gasteiger partial charge in [0.15, 0.2) is 0 Å². The van der Waals surface area contributed by atoms with Crippen LogP contribution in [-0.2, 0) is 5.60 Å². The molecule has 2 nitrogen and oxygen atoms in total.